The maximum atomic E-state index is 12.4. The molecule has 1 aliphatic heterocycles. The largest absolute Gasteiger partial charge is 0.454 e. The molecule has 0 aliphatic carbocycles. The number of amides is 1. The van der Waals surface area contributed by atoms with Crippen LogP contribution in [0.5, 0.6) is 11.5 Å². The zero-order valence-electron chi connectivity index (χ0n) is 17.6. The summed E-state index contributed by atoms with van der Waals surface area (Å²) in [6.45, 7) is 4.89. The Morgan fingerprint density at radius 1 is 1.10 bits per heavy atom. The van der Waals surface area contributed by atoms with Crippen LogP contribution in [0.1, 0.15) is 28.9 Å². The number of rotatable bonds is 6. The van der Waals surface area contributed by atoms with Gasteiger partial charge in [0.1, 0.15) is 0 Å². The van der Waals surface area contributed by atoms with Crippen LogP contribution in [-0.4, -0.2) is 33.8 Å². The first-order chi connectivity index (χ1) is 15.1. The van der Waals surface area contributed by atoms with E-state index in [4.69, 9.17) is 14.5 Å². The molecule has 0 unspecified atom stereocenters. The van der Waals surface area contributed by atoms with E-state index in [1.54, 1.807) is 0 Å². The van der Waals surface area contributed by atoms with Crippen molar-refractivity contribution < 1.29 is 14.3 Å². The monoisotopic (exact) mass is 416 g/mol. The third kappa shape index (κ3) is 3.67. The molecule has 1 amide bonds. The third-order valence-corrected chi connectivity index (χ3v) is 5.79. The lowest BCUT2D eigenvalue weighted by molar-refractivity contribution is -0.121. The first kappa shape index (κ1) is 19.4. The normalized spacial score (nSPS) is 12.6. The second-order valence-corrected chi connectivity index (χ2v) is 7.80. The molecule has 7 heteroatoms. The highest BCUT2D eigenvalue weighted by molar-refractivity contribution is 5.92. The van der Waals surface area contributed by atoms with Gasteiger partial charge in [-0.05, 0) is 62.1 Å². The SMILES string of the molecule is Cc1nc2c3ccccc3nn2c(C)c1CCC(=O)NCCc1ccc2c(c1)OCO2. The summed E-state index contributed by atoms with van der Waals surface area (Å²) >= 11 is 0. The molecule has 5 rings (SSSR count). The Kier molecular flexibility index (Phi) is 4.94. The molecule has 0 atom stereocenters. The second kappa shape index (κ2) is 7.91. The van der Waals surface area contributed by atoms with Crippen LogP contribution < -0.4 is 14.8 Å². The molecule has 4 aromatic rings. The fourth-order valence-corrected chi connectivity index (χ4v) is 4.11. The molecule has 0 fully saturated rings. The summed E-state index contributed by atoms with van der Waals surface area (Å²) in [7, 11) is 0. The van der Waals surface area contributed by atoms with E-state index >= 15 is 0 Å². The maximum Gasteiger partial charge on any atom is 0.231 e. The van der Waals surface area contributed by atoms with Crippen molar-refractivity contribution in [2.45, 2.75) is 33.1 Å². The number of aryl methyl sites for hydroxylation is 2. The number of hydrogen-bond donors (Lipinski definition) is 1. The second-order valence-electron chi connectivity index (χ2n) is 7.80. The van der Waals surface area contributed by atoms with Crippen LogP contribution in [0.25, 0.3) is 16.6 Å². The van der Waals surface area contributed by atoms with Crippen molar-refractivity contribution in [2.24, 2.45) is 0 Å². The van der Waals surface area contributed by atoms with E-state index in [-0.39, 0.29) is 12.7 Å². The van der Waals surface area contributed by atoms with Gasteiger partial charge < -0.3 is 14.8 Å². The smallest absolute Gasteiger partial charge is 0.231 e. The molecular formula is C24H24N4O3. The highest BCUT2D eigenvalue weighted by Gasteiger charge is 2.15. The van der Waals surface area contributed by atoms with E-state index in [9.17, 15) is 4.79 Å². The van der Waals surface area contributed by atoms with Gasteiger partial charge in [0.2, 0.25) is 12.7 Å². The van der Waals surface area contributed by atoms with E-state index < -0.39 is 0 Å². The van der Waals surface area contributed by atoms with Crippen LogP contribution in [0.3, 0.4) is 0 Å². The van der Waals surface area contributed by atoms with E-state index in [0.29, 0.717) is 19.4 Å². The summed E-state index contributed by atoms with van der Waals surface area (Å²) in [5.41, 5.74) is 5.96. The predicted octanol–water partition coefficient (Wildman–Crippen LogP) is 3.52. The van der Waals surface area contributed by atoms with Crippen molar-refractivity contribution in [1.82, 2.24) is 19.9 Å². The Morgan fingerprint density at radius 2 is 1.94 bits per heavy atom. The van der Waals surface area contributed by atoms with Crippen molar-refractivity contribution in [1.29, 1.82) is 0 Å². The minimum Gasteiger partial charge on any atom is -0.454 e. The fraction of sp³-hybridized carbons (Fsp3) is 0.292. The Balaban J connectivity index is 1.22. The zero-order chi connectivity index (χ0) is 21.4. The highest BCUT2D eigenvalue weighted by atomic mass is 16.7. The molecule has 3 heterocycles. The van der Waals surface area contributed by atoms with E-state index in [2.05, 4.69) is 10.4 Å². The topological polar surface area (TPSA) is 77.8 Å². The van der Waals surface area contributed by atoms with Gasteiger partial charge in [-0.15, -0.1) is 0 Å². The summed E-state index contributed by atoms with van der Waals surface area (Å²) in [5, 5.41) is 8.74. The Bertz CT molecular complexity index is 1300. The molecule has 158 valence electrons. The van der Waals surface area contributed by atoms with Crippen molar-refractivity contribution in [2.75, 3.05) is 13.3 Å². The molecule has 0 saturated carbocycles. The number of nitrogens with one attached hydrogen (secondary N) is 1. The molecule has 1 aliphatic rings. The standard InChI is InChI=1S/C24H24N4O3/c1-15-18(16(2)28-24(26-15)19-5-3-4-6-20(19)27-28)8-10-23(29)25-12-11-17-7-9-21-22(13-17)31-14-30-21/h3-7,9,13H,8,10-12,14H2,1-2H3,(H,25,29). The Hall–Kier alpha value is -3.61. The first-order valence-corrected chi connectivity index (χ1v) is 10.5. The van der Waals surface area contributed by atoms with Crippen LogP contribution in [0.2, 0.25) is 0 Å². The molecule has 0 bridgehead atoms. The lowest BCUT2D eigenvalue weighted by Gasteiger charge is -2.11. The van der Waals surface area contributed by atoms with Gasteiger partial charge in [0.05, 0.1) is 5.52 Å². The van der Waals surface area contributed by atoms with Gasteiger partial charge in [0.25, 0.3) is 0 Å². The number of nitrogens with zero attached hydrogens (tertiary/aromatic N) is 3. The summed E-state index contributed by atoms with van der Waals surface area (Å²) in [4.78, 5) is 17.2. The maximum absolute atomic E-state index is 12.4. The number of aromatic nitrogens is 3. The third-order valence-electron chi connectivity index (χ3n) is 5.79. The fourth-order valence-electron chi connectivity index (χ4n) is 4.11. The molecule has 2 aromatic carbocycles. The number of benzene rings is 2. The average Bonchev–Trinajstić information content (AvgIpc) is 3.38. The summed E-state index contributed by atoms with van der Waals surface area (Å²) in [6.07, 6.45) is 1.79. The molecule has 1 N–H and O–H groups in total. The van der Waals surface area contributed by atoms with Crippen molar-refractivity contribution in [3.63, 3.8) is 0 Å². The first-order valence-electron chi connectivity index (χ1n) is 10.5. The van der Waals surface area contributed by atoms with E-state index in [0.717, 1.165) is 57.0 Å². The number of hydrogen-bond acceptors (Lipinski definition) is 5. The van der Waals surface area contributed by atoms with Gasteiger partial charge >= 0.3 is 0 Å². The summed E-state index contributed by atoms with van der Waals surface area (Å²) < 4.78 is 12.6. The van der Waals surface area contributed by atoms with Crippen LogP contribution in [0.4, 0.5) is 0 Å². The number of ether oxygens (including phenoxy) is 2. The van der Waals surface area contributed by atoms with E-state index in [1.165, 1.54) is 0 Å². The van der Waals surface area contributed by atoms with Gasteiger partial charge in [-0.2, -0.15) is 5.10 Å². The zero-order valence-corrected chi connectivity index (χ0v) is 17.6. The van der Waals surface area contributed by atoms with Crippen LogP contribution in [0.15, 0.2) is 42.5 Å². The molecule has 31 heavy (non-hydrogen) atoms. The minimum atomic E-state index is 0.0327. The highest BCUT2D eigenvalue weighted by Crippen LogP contribution is 2.32. The lowest BCUT2D eigenvalue weighted by atomic mass is 10.1. The number of fused-ring (bicyclic) bond motifs is 4. The van der Waals surface area contributed by atoms with Crippen LogP contribution >= 0.6 is 0 Å². The molecule has 0 saturated heterocycles. The van der Waals surface area contributed by atoms with Gasteiger partial charge in [-0.1, -0.05) is 18.2 Å². The molecule has 0 radical (unpaired) electrons. The molecule has 2 aromatic heterocycles. The summed E-state index contributed by atoms with van der Waals surface area (Å²) in [6, 6.07) is 13.9. The summed E-state index contributed by atoms with van der Waals surface area (Å²) in [5.74, 6) is 1.57. The van der Waals surface area contributed by atoms with Gasteiger partial charge in [-0.3, -0.25) is 4.79 Å². The molecular weight excluding hydrogens is 392 g/mol. The van der Waals surface area contributed by atoms with Gasteiger partial charge in [0.15, 0.2) is 17.1 Å². The number of carbonyl (C=O) groups excluding carboxylic acids is 1. The Morgan fingerprint density at radius 3 is 2.84 bits per heavy atom. The van der Waals surface area contributed by atoms with Crippen LogP contribution in [0, 0.1) is 13.8 Å². The van der Waals surface area contributed by atoms with Crippen molar-refractivity contribution >= 4 is 22.5 Å². The quantitative estimate of drug-likeness (QED) is 0.520. The van der Waals surface area contributed by atoms with Gasteiger partial charge in [0, 0.05) is 29.7 Å². The lowest BCUT2D eigenvalue weighted by Crippen LogP contribution is -2.26. The molecule has 7 nitrogen and oxygen atoms in total. The Labute approximate surface area is 180 Å². The number of carbonyl (C=O) groups is 1. The van der Waals surface area contributed by atoms with E-state index in [1.807, 2.05) is 60.8 Å². The minimum absolute atomic E-state index is 0.0327. The van der Waals surface area contributed by atoms with Crippen LogP contribution in [-0.2, 0) is 17.6 Å². The van der Waals surface area contributed by atoms with Crippen molar-refractivity contribution in [3.8, 4) is 11.5 Å². The van der Waals surface area contributed by atoms with Crippen molar-refractivity contribution in [3.05, 3.63) is 65.0 Å². The predicted molar refractivity (Wildman–Crippen MR) is 118 cm³/mol. The average molecular weight is 416 g/mol. The molecule has 0 spiro atoms. The van der Waals surface area contributed by atoms with Gasteiger partial charge in [-0.25, -0.2) is 9.50 Å².